The van der Waals surface area contributed by atoms with E-state index in [2.05, 4.69) is 33.9 Å². The molecule has 2 fully saturated rings. The van der Waals surface area contributed by atoms with E-state index < -0.39 is 29.2 Å². The van der Waals surface area contributed by atoms with Crippen molar-refractivity contribution in [3.05, 3.63) is 39.8 Å². The predicted octanol–water partition coefficient (Wildman–Crippen LogP) is 4.00. The number of anilines is 2. The van der Waals surface area contributed by atoms with Crippen LogP contribution in [0.5, 0.6) is 6.01 Å². The van der Waals surface area contributed by atoms with Crippen LogP contribution in [0.15, 0.2) is 6.07 Å². The summed E-state index contributed by atoms with van der Waals surface area (Å²) in [5.41, 5.74) is 4.82. The summed E-state index contributed by atoms with van der Waals surface area (Å²) in [6, 6.07) is 1.73. The first-order chi connectivity index (χ1) is 18.4. The van der Waals surface area contributed by atoms with E-state index in [1.54, 1.807) is 0 Å². The van der Waals surface area contributed by atoms with E-state index >= 15 is 4.39 Å². The third kappa shape index (κ3) is 5.51. The number of aryl methyl sites for hydroxylation is 1. The number of nitrogen functional groups attached to an aromatic ring is 1. The van der Waals surface area contributed by atoms with Crippen LogP contribution in [0.3, 0.4) is 0 Å². The Morgan fingerprint density at radius 1 is 1.26 bits per heavy atom. The lowest BCUT2D eigenvalue weighted by Gasteiger charge is -2.40. The number of alkyl halides is 3. The van der Waals surface area contributed by atoms with Crippen molar-refractivity contribution in [2.45, 2.75) is 77.0 Å². The fraction of sp³-hybridized carbons (Fsp3) is 0.630. The van der Waals surface area contributed by atoms with Gasteiger partial charge in [-0.1, -0.05) is 0 Å². The maximum absolute atomic E-state index is 15.2. The van der Waals surface area contributed by atoms with Crippen LogP contribution in [0.4, 0.5) is 29.1 Å². The van der Waals surface area contributed by atoms with Gasteiger partial charge in [-0.2, -0.15) is 23.1 Å². The van der Waals surface area contributed by atoms with Gasteiger partial charge in [0.25, 0.3) is 0 Å². The number of piperazine rings is 1. The van der Waals surface area contributed by atoms with Crippen molar-refractivity contribution < 1.29 is 27.0 Å². The molecule has 5 rings (SSSR count). The Morgan fingerprint density at radius 3 is 2.72 bits per heavy atom. The van der Waals surface area contributed by atoms with Gasteiger partial charge in [0.1, 0.15) is 12.4 Å². The maximum Gasteiger partial charge on any atom is 0.417 e. The smallest absolute Gasteiger partial charge is 0.417 e. The lowest BCUT2D eigenvalue weighted by atomic mass is 9.91. The minimum absolute atomic E-state index is 0.0589. The van der Waals surface area contributed by atoms with Crippen LogP contribution in [0.2, 0.25) is 0 Å². The summed E-state index contributed by atoms with van der Waals surface area (Å²) in [4.78, 5) is 13.8. The van der Waals surface area contributed by atoms with E-state index in [1.165, 1.54) is 6.92 Å². The van der Waals surface area contributed by atoms with Gasteiger partial charge in [-0.3, -0.25) is 0 Å². The van der Waals surface area contributed by atoms with E-state index in [0.717, 1.165) is 32.0 Å². The number of nitrogens with two attached hydrogens (primary N) is 1. The van der Waals surface area contributed by atoms with Crippen LogP contribution in [0.25, 0.3) is 0 Å². The topological polar surface area (TPSA) is 88.8 Å². The largest absolute Gasteiger partial charge is 0.462 e. The number of hydrogen-bond acceptors (Lipinski definition) is 8. The standard InChI is InChI=1S/C27H36F4N6O2/c1-14-8-19(32)24(28)22(23(14)27(29,30)31)21-9-20-18(13-38-21)25(37-11-15(2)33-10-16(37)3)35-26(34-20)39-12-17-6-5-7-36(17)4/h8,15-17,21,33H,5-7,9-13,32H2,1-4H3/t15-,16+,17+,21?/m1/s1. The highest BCUT2D eigenvalue weighted by molar-refractivity contribution is 5.55. The molecule has 2 aromatic rings. The summed E-state index contributed by atoms with van der Waals surface area (Å²) >= 11 is 0. The highest BCUT2D eigenvalue weighted by atomic mass is 19.4. The van der Waals surface area contributed by atoms with E-state index in [9.17, 15) is 13.2 Å². The molecule has 0 amide bonds. The molecule has 0 spiro atoms. The Bertz CT molecular complexity index is 1230. The number of nitrogens with zero attached hydrogens (tertiary/aromatic N) is 4. The predicted molar refractivity (Wildman–Crippen MR) is 139 cm³/mol. The Labute approximate surface area is 225 Å². The molecule has 3 aliphatic heterocycles. The SMILES string of the molecule is Cc1cc(N)c(F)c(C2Cc3nc(OC[C@@H]4CCCN4C)nc(N4C[C@@H](C)NC[C@@H]4C)c3CO2)c1C(F)(F)F. The van der Waals surface area contributed by atoms with Crippen molar-refractivity contribution in [2.75, 3.05) is 43.9 Å². The maximum atomic E-state index is 15.2. The number of hydrogen-bond donors (Lipinski definition) is 2. The van der Waals surface area contributed by atoms with Gasteiger partial charge in [0.2, 0.25) is 0 Å². The van der Waals surface area contributed by atoms with Crippen molar-refractivity contribution in [3.63, 3.8) is 0 Å². The molecule has 2 saturated heterocycles. The molecule has 12 heteroatoms. The van der Waals surface area contributed by atoms with E-state index in [4.69, 9.17) is 20.2 Å². The number of likely N-dealkylation sites (N-methyl/N-ethyl adjacent to an activating group) is 1. The molecule has 4 atom stereocenters. The number of ether oxygens (including phenoxy) is 2. The zero-order valence-corrected chi connectivity index (χ0v) is 22.7. The van der Waals surface area contributed by atoms with Gasteiger partial charge in [-0.15, -0.1) is 0 Å². The first-order valence-electron chi connectivity index (χ1n) is 13.4. The molecule has 0 aliphatic carbocycles. The number of likely N-dealkylation sites (tertiary alicyclic amines) is 1. The lowest BCUT2D eigenvalue weighted by Crippen LogP contribution is -2.55. The first kappa shape index (κ1) is 27.9. The van der Waals surface area contributed by atoms with E-state index in [1.807, 2.05) is 7.05 Å². The van der Waals surface area contributed by atoms with Crippen molar-refractivity contribution in [1.29, 1.82) is 0 Å². The Kier molecular flexibility index (Phi) is 7.64. The summed E-state index contributed by atoms with van der Waals surface area (Å²) in [5, 5.41) is 3.45. The summed E-state index contributed by atoms with van der Waals surface area (Å²) < 4.78 is 69.5. The highest BCUT2D eigenvalue weighted by Crippen LogP contribution is 2.44. The molecule has 3 aliphatic rings. The van der Waals surface area contributed by atoms with Gasteiger partial charge in [-0.05, 0) is 58.8 Å². The van der Waals surface area contributed by atoms with Gasteiger partial charge in [-0.25, -0.2) is 4.39 Å². The molecule has 1 aromatic carbocycles. The quantitative estimate of drug-likeness (QED) is 0.425. The molecule has 0 bridgehead atoms. The molecule has 1 unspecified atom stereocenters. The third-order valence-corrected chi connectivity index (χ3v) is 8.10. The number of halogens is 4. The molecule has 1 aromatic heterocycles. The highest BCUT2D eigenvalue weighted by Gasteiger charge is 2.42. The summed E-state index contributed by atoms with van der Waals surface area (Å²) in [7, 11) is 2.05. The molecule has 4 heterocycles. The third-order valence-electron chi connectivity index (χ3n) is 8.10. The van der Waals surface area contributed by atoms with Gasteiger partial charge in [0, 0.05) is 48.8 Å². The van der Waals surface area contributed by atoms with Gasteiger partial charge in [0.15, 0.2) is 5.82 Å². The Hall–Kier alpha value is -2.70. The van der Waals surface area contributed by atoms with Crippen LogP contribution in [0, 0.1) is 12.7 Å². The molecule has 214 valence electrons. The zero-order valence-electron chi connectivity index (χ0n) is 22.7. The molecule has 8 nitrogen and oxygen atoms in total. The van der Waals surface area contributed by atoms with Crippen LogP contribution < -0.4 is 20.7 Å². The molecule has 0 saturated carbocycles. The molecular formula is C27H36F4N6O2. The number of nitrogens with one attached hydrogen (secondary N) is 1. The molecule has 3 N–H and O–H groups in total. The van der Waals surface area contributed by atoms with E-state index in [0.29, 0.717) is 30.2 Å². The van der Waals surface area contributed by atoms with Crippen LogP contribution in [-0.4, -0.2) is 66.3 Å². The van der Waals surface area contributed by atoms with Crippen LogP contribution in [-0.2, 0) is 23.9 Å². The van der Waals surface area contributed by atoms with Gasteiger partial charge < -0.3 is 30.3 Å². The summed E-state index contributed by atoms with van der Waals surface area (Å²) in [6.07, 6.45) is -3.97. The number of fused-ring (bicyclic) bond motifs is 1. The molecular weight excluding hydrogens is 516 g/mol. The monoisotopic (exact) mass is 552 g/mol. The molecule has 0 radical (unpaired) electrons. The van der Waals surface area contributed by atoms with Crippen molar-refractivity contribution >= 4 is 11.5 Å². The number of aromatic nitrogens is 2. The number of benzene rings is 1. The average Bonchev–Trinajstić information content (AvgIpc) is 3.29. The van der Waals surface area contributed by atoms with Gasteiger partial charge in [0.05, 0.1) is 29.7 Å². The second kappa shape index (κ2) is 10.7. The minimum Gasteiger partial charge on any atom is -0.462 e. The zero-order chi connectivity index (χ0) is 28.1. The van der Waals surface area contributed by atoms with Crippen LogP contribution >= 0.6 is 0 Å². The van der Waals surface area contributed by atoms with Crippen LogP contribution in [0.1, 0.15) is 60.7 Å². The Morgan fingerprint density at radius 2 is 2.03 bits per heavy atom. The first-order valence-corrected chi connectivity index (χ1v) is 13.4. The summed E-state index contributed by atoms with van der Waals surface area (Å²) in [6.45, 7) is 8.20. The Balaban J connectivity index is 1.54. The number of rotatable bonds is 5. The fourth-order valence-corrected chi connectivity index (χ4v) is 5.92. The lowest BCUT2D eigenvalue weighted by molar-refractivity contribution is -0.140. The van der Waals surface area contributed by atoms with Gasteiger partial charge >= 0.3 is 12.2 Å². The normalized spacial score (nSPS) is 26.1. The van der Waals surface area contributed by atoms with Crippen molar-refractivity contribution in [3.8, 4) is 6.01 Å². The molecule has 39 heavy (non-hydrogen) atoms. The fourth-order valence-electron chi connectivity index (χ4n) is 5.92. The van der Waals surface area contributed by atoms with E-state index in [-0.39, 0.29) is 48.4 Å². The van der Waals surface area contributed by atoms with Crippen molar-refractivity contribution in [2.24, 2.45) is 0 Å². The second-order valence-electron chi connectivity index (χ2n) is 11.0. The average molecular weight is 553 g/mol. The second-order valence-corrected chi connectivity index (χ2v) is 11.0. The summed E-state index contributed by atoms with van der Waals surface area (Å²) in [5.74, 6) is -0.463. The van der Waals surface area contributed by atoms with Crippen molar-refractivity contribution in [1.82, 2.24) is 20.2 Å². The minimum atomic E-state index is -4.78.